The van der Waals surface area contributed by atoms with Gasteiger partial charge in [-0.25, -0.2) is 0 Å². The SMILES string of the molecule is [c]1c2c(cc3ccccc13)CCC2. The van der Waals surface area contributed by atoms with E-state index < -0.39 is 0 Å². The van der Waals surface area contributed by atoms with Gasteiger partial charge >= 0.3 is 0 Å². The number of rotatable bonds is 0. The molecule has 0 N–H and O–H groups in total. The number of fused-ring (bicyclic) bond motifs is 2. The smallest absolute Gasteiger partial charge is 0.00614 e. The van der Waals surface area contributed by atoms with Gasteiger partial charge in [-0.15, -0.1) is 0 Å². The van der Waals surface area contributed by atoms with Gasteiger partial charge in [0.2, 0.25) is 0 Å². The van der Waals surface area contributed by atoms with Crippen molar-refractivity contribution in [2.24, 2.45) is 0 Å². The molecule has 2 aromatic rings. The van der Waals surface area contributed by atoms with Crippen molar-refractivity contribution in [2.75, 3.05) is 0 Å². The van der Waals surface area contributed by atoms with E-state index >= 15 is 0 Å². The molecule has 0 atom stereocenters. The van der Waals surface area contributed by atoms with Crippen molar-refractivity contribution in [3.8, 4) is 0 Å². The maximum Gasteiger partial charge on any atom is -0.00614 e. The lowest BCUT2D eigenvalue weighted by Gasteiger charge is -2.01. The van der Waals surface area contributed by atoms with Gasteiger partial charge in [0.25, 0.3) is 0 Å². The van der Waals surface area contributed by atoms with Gasteiger partial charge in [0.15, 0.2) is 0 Å². The van der Waals surface area contributed by atoms with Gasteiger partial charge in [-0.3, -0.25) is 0 Å². The maximum atomic E-state index is 3.51. The first-order valence-corrected chi connectivity index (χ1v) is 4.86. The first-order valence-electron chi connectivity index (χ1n) is 4.86. The van der Waals surface area contributed by atoms with E-state index in [1.165, 1.54) is 41.2 Å². The predicted molar refractivity (Wildman–Crippen MR) is 54.8 cm³/mol. The molecule has 2 aromatic carbocycles. The molecule has 0 saturated heterocycles. The highest BCUT2D eigenvalue weighted by molar-refractivity contribution is 5.83. The molecule has 1 radical (unpaired) electrons. The van der Waals surface area contributed by atoms with Crippen molar-refractivity contribution in [2.45, 2.75) is 19.3 Å². The quantitative estimate of drug-likeness (QED) is 0.565. The molecule has 63 valence electrons. The summed E-state index contributed by atoms with van der Waals surface area (Å²) in [6, 6.07) is 14.3. The van der Waals surface area contributed by atoms with Crippen molar-refractivity contribution in [1.82, 2.24) is 0 Å². The third-order valence-electron chi connectivity index (χ3n) is 2.84. The summed E-state index contributed by atoms with van der Waals surface area (Å²) >= 11 is 0. The van der Waals surface area contributed by atoms with Gasteiger partial charge < -0.3 is 0 Å². The Kier molecular flexibility index (Phi) is 1.42. The molecule has 0 spiro atoms. The minimum atomic E-state index is 1.22. The van der Waals surface area contributed by atoms with Crippen molar-refractivity contribution in [1.29, 1.82) is 0 Å². The van der Waals surface area contributed by atoms with Crippen molar-refractivity contribution in [3.63, 3.8) is 0 Å². The Morgan fingerprint density at radius 3 is 3.00 bits per heavy atom. The van der Waals surface area contributed by atoms with Crippen LogP contribution in [0.25, 0.3) is 10.8 Å². The lowest BCUT2D eigenvalue weighted by atomic mass is 10.0. The fourth-order valence-corrected chi connectivity index (χ4v) is 2.16. The van der Waals surface area contributed by atoms with E-state index in [-0.39, 0.29) is 0 Å². The molecule has 0 aromatic heterocycles. The topological polar surface area (TPSA) is 0 Å². The fourth-order valence-electron chi connectivity index (χ4n) is 2.16. The zero-order valence-electron chi connectivity index (χ0n) is 7.51. The molecule has 1 aliphatic carbocycles. The van der Waals surface area contributed by atoms with Crippen LogP contribution in [0.1, 0.15) is 17.5 Å². The van der Waals surface area contributed by atoms with Crippen LogP contribution in [0.4, 0.5) is 0 Å². The van der Waals surface area contributed by atoms with Crippen LogP contribution in [0.2, 0.25) is 0 Å². The molecule has 1 aliphatic rings. The largest absolute Gasteiger partial charge is 0.0616 e. The van der Waals surface area contributed by atoms with Crippen LogP contribution < -0.4 is 0 Å². The summed E-state index contributed by atoms with van der Waals surface area (Å²) in [6.45, 7) is 0. The number of hydrogen-bond donors (Lipinski definition) is 0. The van der Waals surface area contributed by atoms with Crippen LogP contribution in [-0.2, 0) is 12.8 Å². The minimum absolute atomic E-state index is 1.22. The van der Waals surface area contributed by atoms with E-state index in [9.17, 15) is 0 Å². The zero-order chi connectivity index (χ0) is 8.67. The van der Waals surface area contributed by atoms with E-state index in [1.807, 2.05) is 0 Å². The van der Waals surface area contributed by atoms with Crippen molar-refractivity contribution in [3.05, 3.63) is 47.5 Å². The van der Waals surface area contributed by atoms with Crippen LogP contribution in [0.3, 0.4) is 0 Å². The highest BCUT2D eigenvalue weighted by Crippen LogP contribution is 2.26. The molecular weight excluding hydrogens is 156 g/mol. The highest BCUT2D eigenvalue weighted by atomic mass is 14.2. The molecule has 0 saturated carbocycles. The van der Waals surface area contributed by atoms with Gasteiger partial charge in [-0.2, -0.15) is 0 Å². The molecule has 0 fully saturated rings. The van der Waals surface area contributed by atoms with Crippen LogP contribution >= 0.6 is 0 Å². The van der Waals surface area contributed by atoms with Gasteiger partial charge in [-0.05, 0) is 47.2 Å². The molecule has 0 aliphatic heterocycles. The Bertz CT molecular complexity index is 412. The predicted octanol–water partition coefficient (Wildman–Crippen LogP) is 3.13. The summed E-state index contributed by atoms with van der Waals surface area (Å²) in [7, 11) is 0. The first kappa shape index (κ1) is 7.14. The molecule has 0 bridgehead atoms. The van der Waals surface area contributed by atoms with E-state index in [0.717, 1.165) is 0 Å². The number of benzene rings is 2. The van der Waals surface area contributed by atoms with Crippen LogP contribution in [0.15, 0.2) is 30.3 Å². The Labute approximate surface area is 78.2 Å². The third-order valence-corrected chi connectivity index (χ3v) is 2.84. The first-order chi connectivity index (χ1) is 6.43. The van der Waals surface area contributed by atoms with Gasteiger partial charge in [0.05, 0.1) is 0 Å². The fraction of sp³-hybridized carbons (Fsp3) is 0.231. The molecular formula is C13H11. The Morgan fingerprint density at radius 1 is 1.08 bits per heavy atom. The average Bonchev–Trinajstić information content (AvgIpc) is 2.61. The minimum Gasteiger partial charge on any atom is -0.0616 e. The van der Waals surface area contributed by atoms with E-state index in [4.69, 9.17) is 0 Å². The Morgan fingerprint density at radius 2 is 2.00 bits per heavy atom. The van der Waals surface area contributed by atoms with Crippen LogP contribution in [0.5, 0.6) is 0 Å². The Hall–Kier alpha value is -1.30. The normalized spacial score (nSPS) is 14.8. The van der Waals surface area contributed by atoms with E-state index in [2.05, 4.69) is 36.4 Å². The highest BCUT2D eigenvalue weighted by Gasteiger charge is 2.11. The molecule has 3 rings (SSSR count). The molecule has 0 heterocycles. The van der Waals surface area contributed by atoms with Crippen LogP contribution in [-0.4, -0.2) is 0 Å². The monoisotopic (exact) mass is 167 g/mol. The van der Waals surface area contributed by atoms with E-state index in [0.29, 0.717) is 0 Å². The van der Waals surface area contributed by atoms with Gasteiger partial charge in [0, 0.05) is 0 Å². The summed E-state index contributed by atoms with van der Waals surface area (Å²) in [5.41, 5.74) is 2.96. The van der Waals surface area contributed by atoms with Crippen LogP contribution in [0, 0.1) is 6.07 Å². The summed E-state index contributed by atoms with van der Waals surface area (Å²) in [5, 5.41) is 2.60. The third kappa shape index (κ3) is 1.06. The summed E-state index contributed by atoms with van der Waals surface area (Å²) in [5.74, 6) is 0. The standard InChI is InChI=1S/C13H11/c1-2-5-11-9-13-7-3-6-12(13)8-10(11)4-1/h1-2,4-5,8H,3,6-7H2. The Balaban J connectivity index is 2.36. The molecule has 0 unspecified atom stereocenters. The number of hydrogen-bond acceptors (Lipinski definition) is 0. The van der Waals surface area contributed by atoms with Gasteiger partial charge in [0.1, 0.15) is 0 Å². The molecule has 0 heteroatoms. The van der Waals surface area contributed by atoms with Gasteiger partial charge in [-0.1, -0.05) is 30.3 Å². The lowest BCUT2D eigenvalue weighted by Crippen LogP contribution is -1.82. The maximum absolute atomic E-state index is 3.51. The molecule has 0 nitrogen and oxygen atoms in total. The summed E-state index contributed by atoms with van der Waals surface area (Å²) in [6.07, 6.45) is 3.78. The zero-order valence-corrected chi connectivity index (χ0v) is 7.51. The van der Waals surface area contributed by atoms with Crippen molar-refractivity contribution >= 4 is 10.8 Å². The second-order valence-electron chi connectivity index (χ2n) is 3.71. The summed E-state index contributed by atoms with van der Waals surface area (Å²) in [4.78, 5) is 0. The second-order valence-corrected chi connectivity index (χ2v) is 3.71. The summed E-state index contributed by atoms with van der Waals surface area (Å²) < 4.78 is 0. The van der Waals surface area contributed by atoms with E-state index in [1.54, 1.807) is 0 Å². The molecule has 13 heavy (non-hydrogen) atoms. The average molecular weight is 167 g/mol. The lowest BCUT2D eigenvalue weighted by molar-refractivity contribution is 0.911. The number of aryl methyl sites for hydroxylation is 2. The van der Waals surface area contributed by atoms with Crippen molar-refractivity contribution < 1.29 is 0 Å². The molecule has 0 amide bonds. The second kappa shape index (κ2) is 2.59.